The molecule has 0 spiro atoms. The quantitative estimate of drug-likeness (QED) is 0.678. The summed E-state index contributed by atoms with van der Waals surface area (Å²) in [5.41, 5.74) is 1.77. The molecule has 1 aliphatic rings. The average molecular weight is 227 g/mol. The van der Waals surface area contributed by atoms with Crippen LogP contribution in [0.1, 0.15) is 15.9 Å². The first-order valence-electron chi connectivity index (χ1n) is 3.67. The third kappa shape index (κ3) is 1.30. The summed E-state index contributed by atoms with van der Waals surface area (Å²) in [5.74, 6) is 0.0729. The van der Waals surface area contributed by atoms with E-state index in [2.05, 4.69) is 15.9 Å². The van der Waals surface area contributed by atoms with Gasteiger partial charge in [-0.2, -0.15) is 0 Å². The molecule has 1 heterocycles. The van der Waals surface area contributed by atoms with Crippen molar-refractivity contribution in [2.75, 3.05) is 6.61 Å². The van der Waals surface area contributed by atoms with Gasteiger partial charge >= 0.3 is 0 Å². The van der Waals surface area contributed by atoms with Gasteiger partial charge in [-0.15, -0.1) is 0 Å². The highest BCUT2D eigenvalue weighted by Gasteiger charge is 2.16. The topological polar surface area (TPSA) is 26.3 Å². The Morgan fingerprint density at radius 1 is 1.33 bits per heavy atom. The number of hydrogen-bond donors (Lipinski definition) is 0. The number of halogens is 1. The first-order valence-corrected chi connectivity index (χ1v) is 4.46. The van der Waals surface area contributed by atoms with E-state index in [0.29, 0.717) is 6.61 Å². The van der Waals surface area contributed by atoms with Crippen LogP contribution in [0.5, 0.6) is 0 Å². The van der Waals surface area contributed by atoms with Gasteiger partial charge in [0.05, 0.1) is 6.61 Å². The van der Waals surface area contributed by atoms with Gasteiger partial charge in [-0.25, -0.2) is 0 Å². The zero-order valence-corrected chi connectivity index (χ0v) is 7.93. The molecule has 1 aliphatic heterocycles. The predicted octanol–water partition coefficient (Wildman–Crippen LogP) is 2.16. The molecule has 3 heteroatoms. The molecule has 0 bridgehead atoms. The lowest BCUT2D eigenvalue weighted by Gasteiger charge is -2.14. The molecular weight excluding hydrogens is 220 g/mol. The van der Waals surface area contributed by atoms with Crippen LogP contribution in [0, 0.1) is 0 Å². The van der Waals surface area contributed by atoms with Crippen LogP contribution in [-0.4, -0.2) is 12.4 Å². The Morgan fingerprint density at radius 3 is 3.00 bits per heavy atom. The maximum Gasteiger partial charge on any atom is 0.188 e. The van der Waals surface area contributed by atoms with Crippen molar-refractivity contribution in [2.45, 2.75) is 6.61 Å². The Balaban J connectivity index is 2.53. The molecule has 12 heavy (non-hydrogen) atoms. The lowest BCUT2D eigenvalue weighted by Crippen LogP contribution is -2.17. The number of ether oxygens (including phenoxy) is 1. The molecule has 0 N–H and O–H groups in total. The van der Waals surface area contributed by atoms with E-state index in [1.54, 1.807) is 0 Å². The number of ketones is 1. The van der Waals surface area contributed by atoms with Gasteiger partial charge < -0.3 is 4.74 Å². The van der Waals surface area contributed by atoms with Crippen molar-refractivity contribution in [2.24, 2.45) is 0 Å². The molecule has 0 aliphatic carbocycles. The Labute approximate surface area is 78.7 Å². The van der Waals surface area contributed by atoms with Gasteiger partial charge in [0.25, 0.3) is 0 Å². The minimum atomic E-state index is 0.0729. The Kier molecular flexibility index (Phi) is 1.98. The third-order valence-corrected chi connectivity index (χ3v) is 2.35. The summed E-state index contributed by atoms with van der Waals surface area (Å²) in [4.78, 5) is 11.3. The average Bonchev–Trinajstić information content (AvgIpc) is 2.04. The van der Waals surface area contributed by atoms with Gasteiger partial charge in [0.1, 0.15) is 6.61 Å². The summed E-state index contributed by atoms with van der Waals surface area (Å²) in [6.45, 7) is 0.759. The Morgan fingerprint density at radius 2 is 2.17 bits per heavy atom. The van der Waals surface area contributed by atoms with Crippen molar-refractivity contribution in [3.8, 4) is 0 Å². The highest BCUT2D eigenvalue weighted by Crippen LogP contribution is 2.20. The van der Waals surface area contributed by atoms with Crippen molar-refractivity contribution >= 4 is 21.7 Å². The van der Waals surface area contributed by atoms with E-state index >= 15 is 0 Å². The van der Waals surface area contributed by atoms with E-state index in [1.165, 1.54) is 0 Å². The van der Waals surface area contributed by atoms with Gasteiger partial charge in [-0.3, -0.25) is 4.79 Å². The van der Waals surface area contributed by atoms with Crippen molar-refractivity contribution in [1.82, 2.24) is 0 Å². The molecule has 0 unspecified atom stereocenters. The van der Waals surface area contributed by atoms with Crippen LogP contribution in [0.2, 0.25) is 0 Å². The van der Waals surface area contributed by atoms with Gasteiger partial charge in [0, 0.05) is 10.0 Å². The smallest absolute Gasteiger partial charge is 0.188 e. The first kappa shape index (κ1) is 7.95. The lowest BCUT2D eigenvalue weighted by atomic mass is 10.0. The van der Waals surface area contributed by atoms with Gasteiger partial charge in [-0.05, 0) is 23.8 Å². The summed E-state index contributed by atoms with van der Waals surface area (Å²) in [7, 11) is 0. The Bertz CT molecular complexity index is 333. The van der Waals surface area contributed by atoms with E-state index in [-0.39, 0.29) is 12.4 Å². The van der Waals surface area contributed by atoms with E-state index < -0.39 is 0 Å². The number of benzene rings is 1. The number of carbonyl (C=O) groups excluding carboxylic acids is 1. The summed E-state index contributed by atoms with van der Waals surface area (Å²) in [5, 5.41) is 0. The van der Waals surface area contributed by atoms with Gasteiger partial charge in [0.2, 0.25) is 0 Å². The fourth-order valence-electron chi connectivity index (χ4n) is 1.29. The zero-order valence-electron chi connectivity index (χ0n) is 6.34. The van der Waals surface area contributed by atoms with E-state index in [9.17, 15) is 4.79 Å². The molecule has 0 fully saturated rings. The molecule has 1 aromatic carbocycles. The molecule has 1 aromatic rings. The number of Topliss-reactive ketones (excluding diaryl/α,β-unsaturated/α-hetero) is 1. The van der Waals surface area contributed by atoms with Crippen LogP contribution >= 0.6 is 15.9 Å². The highest BCUT2D eigenvalue weighted by atomic mass is 79.9. The SMILES string of the molecule is O=C1COCc2cc(Br)ccc21. The van der Waals surface area contributed by atoms with Gasteiger partial charge in [-0.1, -0.05) is 15.9 Å². The maximum absolute atomic E-state index is 11.3. The van der Waals surface area contributed by atoms with Crippen molar-refractivity contribution < 1.29 is 9.53 Å². The zero-order chi connectivity index (χ0) is 8.55. The molecule has 0 aromatic heterocycles. The van der Waals surface area contributed by atoms with Crippen LogP contribution in [0.25, 0.3) is 0 Å². The molecule has 2 nitrogen and oxygen atoms in total. The molecule has 0 saturated heterocycles. The van der Waals surface area contributed by atoms with Gasteiger partial charge in [0.15, 0.2) is 5.78 Å². The van der Waals surface area contributed by atoms with Crippen LogP contribution in [-0.2, 0) is 11.3 Å². The molecule has 0 radical (unpaired) electrons. The minimum absolute atomic E-state index is 0.0729. The predicted molar refractivity (Wildman–Crippen MR) is 48.1 cm³/mol. The summed E-state index contributed by atoms with van der Waals surface area (Å²) in [6, 6.07) is 5.64. The first-order chi connectivity index (χ1) is 5.77. The summed E-state index contributed by atoms with van der Waals surface area (Å²) < 4.78 is 6.08. The number of fused-ring (bicyclic) bond motifs is 1. The lowest BCUT2D eigenvalue weighted by molar-refractivity contribution is 0.0665. The molecule has 62 valence electrons. The Hall–Kier alpha value is -0.670. The minimum Gasteiger partial charge on any atom is -0.369 e. The van der Waals surface area contributed by atoms with Crippen molar-refractivity contribution in [3.63, 3.8) is 0 Å². The maximum atomic E-state index is 11.3. The second kappa shape index (κ2) is 2.99. The number of hydrogen-bond acceptors (Lipinski definition) is 2. The normalized spacial score (nSPS) is 15.9. The fraction of sp³-hybridized carbons (Fsp3) is 0.222. The number of rotatable bonds is 0. The molecule has 0 atom stereocenters. The van der Waals surface area contributed by atoms with E-state index in [0.717, 1.165) is 15.6 Å². The van der Waals surface area contributed by atoms with E-state index in [1.807, 2.05) is 18.2 Å². The van der Waals surface area contributed by atoms with Crippen molar-refractivity contribution in [3.05, 3.63) is 33.8 Å². The molecule has 0 amide bonds. The van der Waals surface area contributed by atoms with Crippen molar-refractivity contribution in [1.29, 1.82) is 0 Å². The van der Waals surface area contributed by atoms with Crippen LogP contribution in [0.15, 0.2) is 22.7 Å². The highest BCUT2D eigenvalue weighted by molar-refractivity contribution is 9.10. The standard InChI is InChI=1S/C9H7BrO2/c10-7-1-2-8-6(3-7)4-12-5-9(8)11/h1-3H,4-5H2. The largest absolute Gasteiger partial charge is 0.369 e. The monoisotopic (exact) mass is 226 g/mol. The summed E-state index contributed by atoms with van der Waals surface area (Å²) >= 11 is 3.34. The fourth-order valence-corrected chi connectivity index (χ4v) is 1.69. The third-order valence-electron chi connectivity index (χ3n) is 1.86. The second-order valence-corrected chi connectivity index (χ2v) is 3.63. The molecule has 2 rings (SSSR count). The molecular formula is C9H7BrO2. The van der Waals surface area contributed by atoms with E-state index in [4.69, 9.17) is 4.74 Å². The molecule has 0 saturated carbocycles. The van der Waals surface area contributed by atoms with Crippen LogP contribution in [0.3, 0.4) is 0 Å². The summed E-state index contributed by atoms with van der Waals surface area (Å²) in [6.07, 6.45) is 0. The van der Waals surface area contributed by atoms with Crippen LogP contribution < -0.4 is 0 Å². The second-order valence-electron chi connectivity index (χ2n) is 2.72. The number of carbonyl (C=O) groups is 1. The van der Waals surface area contributed by atoms with Crippen LogP contribution in [0.4, 0.5) is 0 Å².